The van der Waals surface area contributed by atoms with Crippen molar-refractivity contribution in [3.05, 3.63) is 0 Å². The summed E-state index contributed by atoms with van der Waals surface area (Å²) >= 11 is 0. The van der Waals surface area contributed by atoms with Crippen LogP contribution in [-0.2, 0) is 18.8 Å². The van der Waals surface area contributed by atoms with E-state index in [-0.39, 0.29) is 12.4 Å². The summed E-state index contributed by atoms with van der Waals surface area (Å²) in [5.74, 6) is -0.271. The van der Waals surface area contributed by atoms with Crippen molar-refractivity contribution in [2.24, 2.45) is 0 Å². The van der Waals surface area contributed by atoms with Crippen LogP contribution in [0.4, 0.5) is 0 Å². The maximum absolute atomic E-state index is 11.3. The van der Waals surface area contributed by atoms with Crippen molar-refractivity contribution >= 4 is 13.8 Å². The molecule has 0 saturated heterocycles. The summed E-state index contributed by atoms with van der Waals surface area (Å²) in [6.07, 6.45) is 1.18. The monoisotopic (exact) mass is 221 g/mol. The van der Waals surface area contributed by atoms with Gasteiger partial charge in [-0.25, -0.2) is 0 Å². The molecule has 4 nitrogen and oxygen atoms in total. The Morgan fingerprint density at radius 3 is 2.50 bits per heavy atom. The van der Waals surface area contributed by atoms with E-state index in [1.54, 1.807) is 6.92 Å². The van der Waals surface area contributed by atoms with Gasteiger partial charge in [-0.05, 0) is 13.8 Å². The average Bonchev–Trinajstić information content (AvgIpc) is 2.16. The summed E-state index contributed by atoms with van der Waals surface area (Å²) in [5.41, 5.74) is 0. The van der Waals surface area contributed by atoms with Crippen molar-refractivity contribution in [2.75, 3.05) is 32.1 Å². The molecule has 5 heteroatoms. The van der Waals surface area contributed by atoms with Gasteiger partial charge in [0.15, 0.2) is 12.3 Å². The van der Waals surface area contributed by atoms with Crippen LogP contribution in [0, 0.1) is 0 Å². The van der Waals surface area contributed by atoms with E-state index in [0.717, 1.165) is 0 Å². The number of hydrogen-bond donors (Lipinski definition) is 0. The van der Waals surface area contributed by atoms with Crippen molar-refractivity contribution in [2.45, 2.75) is 20.3 Å². The van der Waals surface area contributed by atoms with E-state index < -0.39 is 7.80 Å². The minimum Gasteiger partial charge on any atom is -0.466 e. The Kier molecular flexibility index (Phi) is 8.79. The van der Waals surface area contributed by atoms with E-state index in [9.17, 15) is 9.36 Å². The van der Waals surface area contributed by atoms with Crippen LogP contribution in [-0.4, -0.2) is 38.1 Å². The van der Waals surface area contributed by atoms with E-state index in [1.165, 1.54) is 0 Å². The first kappa shape index (κ1) is 13.5. The van der Waals surface area contributed by atoms with E-state index in [2.05, 4.69) is 0 Å². The molecule has 0 aromatic rings. The molecule has 0 heterocycles. The van der Waals surface area contributed by atoms with Crippen LogP contribution in [0.3, 0.4) is 0 Å². The third-order valence-corrected chi connectivity index (χ3v) is 2.96. The lowest BCUT2D eigenvalue weighted by Gasteiger charge is -1.96. The molecule has 0 amide bonds. The summed E-state index contributed by atoms with van der Waals surface area (Å²) in [7, 11) is -1.31. The summed E-state index contributed by atoms with van der Waals surface area (Å²) < 4.78 is 21.1. The predicted octanol–water partition coefficient (Wildman–Crippen LogP) is 1.80. The minimum absolute atomic E-state index is 0.245. The molecule has 0 aliphatic heterocycles. The van der Waals surface area contributed by atoms with Gasteiger partial charge in [-0.1, -0.05) is 4.57 Å². The Labute approximate surface area is 85.8 Å². The Bertz CT molecular complexity index is 182. The third-order valence-electron chi connectivity index (χ3n) is 1.56. The maximum atomic E-state index is 11.3. The molecule has 0 fully saturated rings. The maximum Gasteiger partial charge on any atom is 0.341 e. The SMILES string of the molecule is CCOCC[P+](=O)CCC(=O)OCC. The number of hydrogen-bond acceptors (Lipinski definition) is 4. The molecule has 0 aromatic heterocycles. The molecule has 0 bridgehead atoms. The molecular formula is C9H18O4P+. The molecule has 14 heavy (non-hydrogen) atoms. The molecule has 0 rings (SSSR count). The standard InChI is InChI=1S/C9H18O4P/c1-3-12-6-8-14(11)7-5-9(10)13-4-2/h3-8H2,1-2H3/q+1. The fraction of sp³-hybridized carbons (Fsp3) is 0.889. The topological polar surface area (TPSA) is 52.6 Å². The predicted molar refractivity (Wildman–Crippen MR) is 55.1 cm³/mol. The zero-order valence-electron chi connectivity index (χ0n) is 8.82. The molecule has 0 spiro atoms. The van der Waals surface area contributed by atoms with E-state index in [0.29, 0.717) is 32.1 Å². The van der Waals surface area contributed by atoms with Crippen LogP contribution in [0.5, 0.6) is 0 Å². The van der Waals surface area contributed by atoms with Crippen LogP contribution in [0.1, 0.15) is 20.3 Å². The molecule has 0 aromatic carbocycles. The van der Waals surface area contributed by atoms with E-state index >= 15 is 0 Å². The van der Waals surface area contributed by atoms with Crippen LogP contribution in [0.25, 0.3) is 0 Å². The first-order valence-corrected chi connectivity index (χ1v) is 6.49. The van der Waals surface area contributed by atoms with Gasteiger partial charge in [-0.2, -0.15) is 0 Å². The molecule has 1 atom stereocenters. The normalized spacial score (nSPS) is 11.1. The van der Waals surface area contributed by atoms with Gasteiger partial charge in [0.1, 0.15) is 0 Å². The number of esters is 1. The fourth-order valence-electron chi connectivity index (χ4n) is 0.872. The number of carbonyl (C=O) groups is 1. The highest BCUT2D eigenvalue weighted by atomic mass is 31.1. The smallest absolute Gasteiger partial charge is 0.341 e. The first-order chi connectivity index (χ1) is 6.70. The minimum atomic E-state index is -1.31. The van der Waals surface area contributed by atoms with Crippen LogP contribution in [0.15, 0.2) is 0 Å². The Morgan fingerprint density at radius 2 is 1.93 bits per heavy atom. The molecule has 0 saturated carbocycles. The highest BCUT2D eigenvalue weighted by Gasteiger charge is 2.17. The number of carbonyl (C=O) groups excluding carboxylic acids is 1. The largest absolute Gasteiger partial charge is 0.466 e. The molecular weight excluding hydrogens is 203 g/mol. The lowest BCUT2D eigenvalue weighted by molar-refractivity contribution is -0.142. The number of rotatable bonds is 8. The molecule has 0 N–H and O–H groups in total. The summed E-state index contributed by atoms with van der Waals surface area (Å²) in [5, 5.41) is 0. The zero-order valence-corrected chi connectivity index (χ0v) is 9.72. The van der Waals surface area contributed by atoms with E-state index in [1.807, 2.05) is 6.92 Å². The highest BCUT2D eigenvalue weighted by molar-refractivity contribution is 7.44. The van der Waals surface area contributed by atoms with Crippen molar-refractivity contribution < 1.29 is 18.8 Å². The van der Waals surface area contributed by atoms with Gasteiger partial charge in [-0.3, -0.25) is 4.79 Å². The van der Waals surface area contributed by atoms with Crippen molar-refractivity contribution in [3.8, 4) is 0 Å². The summed E-state index contributed by atoms with van der Waals surface area (Å²) in [4.78, 5) is 10.9. The van der Waals surface area contributed by atoms with Gasteiger partial charge in [0, 0.05) is 6.61 Å². The van der Waals surface area contributed by atoms with Crippen molar-refractivity contribution in [1.29, 1.82) is 0 Å². The van der Waals surface area contributed by atoms with Crippen LogP contribution < -0.4 is 0 Å². The Balaban J connectivity index is 3.39. The van der Waals surface area contributed by atoms with Crippen molar-refractivity contribution in [3.63, 3.8) is 0 Å². The third kappa shape index (κ3) is 8.14. The molecule has 82 valence electrons. The second-order valence-corrected chi connectivity index (χ2v) is 4.54. The van der Waals surface area contributed by atoms with Gasteiger partial charge >= 0.3 is 13.8 Å². The molecule has 0 aliphatic rings. The van der Waals surface area contributed by atoms with Gasteiger partial charge in [0.2, 0.25) is 0 Å². The van der Waals surface area contributed by atoms with Gasteiger partial charge in [0.25, 0.3) is 0 Å². The summed E-state index contributed by atoms with van der Waals surface area (Å²) in [6.45, 7) is 5.18. The quantitative estimate of drug-likeness (QED) is 0.356. The lowest BCUT2D eigenvalue weighted by atomic mass is 10.5. The molecule has 1 unspecified atom stereocenters. The lowest BCUT2D eigenvalue weighted by Crippen LogP contribution is -2.05. The molecule has 0 aliphatic carbocycles. The van der Waals surface area contributed by atoms with Crippen LogP contribution >= 0.6 is 7.80 Å². The van der Waals surface area contributed by atoms with Gasteiger partial charge < -0.3 is 9.47 Å². The first-order valence-electron chi connectivity index (χ1n) is 4.86. The highest BCUT2D eigenvalue weighted by Crippen LogP contribution is 2.20. The van der Waals surface area contributed by atoms with Gasteiger partial charge in [0.05, 0.1) is 19.6 Å². The average molecular weight is 221 g/mol. The Morgan fingerprint density at radius 1 is 1.21 bits per heavy atom. The Hall–Kier alpha value is -0.470. The van der Waals surface area contributed by atoms with E-state index in [4.69, 9.17) is 9.47 Å². The van der Waals surface area contributed by atoms with Gasteiger partial charge in [-0.15, -0.1) is 0 Å². The molecule has 0 radical (unpaired) electrons. The fourth-order valence-corrected chi connectivity index (χ4v) is 1.86. The second-order valence-electron chi connectivity index (χ2n) is 2.68. The van der Waals surface area contributed by atoms with Crippen molar-refractivity contribution in [1.82, 2.24) is 0 Å². The summed E-state index contributed by atoms with van der Waals surface area (Å²) in [6, 6.07) is 0. The zero-order chi connectivity index (χ0) is 10.8. The van der Waals surface area contributed by atoms with Crippen LogP contribution in [0.2, 0.25) is 0 Å². The second kappa shape index (κ2) is 9.10. The number of ether oxygens (including phenoxy) is 2.